The van der Waals surface area contributed by atoms with E-state index < -0.39 is 34.2 Å². The number of hydrogen-bond donors (Lipinski definition) is 3. The Hall–Kier alpha value is -1.40. The molecule has 0 saturated heterocycles. The quantitative estimate of drug-likeness (QED) is 0.510. The zero-order chi connectivity index (χ0) is 14.8. The molecule has 4 aliphatic carbocycles. The van der Waals surface area contributed by atoms with Crippen molar-refractivity contribution in [3.63, 3.8) is 0 Å². The van der Waals surface area contributed by atoms with Crippen molar-refractivity contribution in [2.45, 2.75) is 55.3 Å². The fraction of sp³-hybridized carbons (Fsp3) is 0.714. The molecule has 6 nitrogen and oxygen atoms in total. The highest BCUT2D eigenvalue weighted by molar-refractivity contribution is 5.82. The van der Waals surface area contributed by atoms with Gasteiger partial charge in [-0.3, -0.25) is 4.79 Å². The summed E-state index contributed by atoms with van der Waals surface area (Å²) >= 11 is 0. The van der Waals surface area contributed by atoms with E-state index in [0.717, 1.165) is 6.08 Å². The molecule has 4 saturated carbocycles. The number of ether oxygens (including phenoxy) is 1. The molecule has 0 aliphatic heterocycles. The molecular weight excluding hydrogens is 264 g/mol. The summed E-state index contributed by atoms with van der Waals surface area (Å²) in [5, 5.41) is 30.7. The molecule has 0 radical (unpaired) electrons. The lowest BCUT2D eigenvalue weighted by Crippen LogP contribution is -2.71. The molecule has 0 aromatic heterocycles. The SMILES string of the molecule is C=CC(=O)OC12CC3(O)CC(O)(C1)CC(C(=O)O)(C3)C2. The highest BCUT2D eigenvalue weighted by atomic mass is 16.6. The number of carbonyl (C=O) groups is 2. The summed E-state index contributed by atoms with van der Waals surface area (Å²) in [6, 6.07) is 0. The van der Waals surface area contributed by atoms with Crippen LogP contribution in [-0.4, -0.2) is 44.1 Å². The number of hydrogen-bond acceptors (Lipinski definition) is 5. The van der Waals surface area contributed by atoms with Gasteiger partial charge in [0.2, 0.25) is 0 Å². The molecule has 0 amide bonds. The lowest BCUT2D eigenvalue weighted by molar-refractivity contribution is -0.282. The van der Waals surface area contributed by atoms with Gasteiger partial charge in [0.15, 0.2) is 0 Å². The Bertz CT molecular complexity index is 492. The van der Waals surface area contributed by atoms with Crippen molar-refractivity contribution >= 4 is 11.9 Å². The van der Waals surface area contributed by atoms with Crippen LogP contribution >= 0.6 is 0 Å². The minimum absolute atomic E-state index is 0.102. The van der Waals surface area contributed by atoms with Gasteiger partial charge in [0.05, 0.1) is 16.6 Å². The van der Waals surface area contributed by atoms with Gasteiger partial charge in [0, 0.05) is 31.8 Å². The monoisotopic (exact) mass is 282 g/mol. The Morgan fingerprint density at radius 2 is 1.55 bits per heavy atom. The average Bonchev–Trinajstić information content (AvgIpc) is 2.22. The first kappa shape index (κ1) is 13.6. The number of aliphatic hydroxyl groups is 2. The van der Waals surface area contributed by atoms with Crippen molar-refractivity contribution in [2.24, 2.45) is 5.41 Å². The first-order valence-corrected chi connectivity index (χ1v) is 6.68. The van der Waals surface area contributed by atoms with E-state index in [4.69, 9.17) is 4.74 Å². The molecule has 4 fully saturated rings. The van der Waals surface area contributed by atoms with Crippen molar-refractivity contribution in [3.05, 3.63) is 12.7 Å². The van der Waals surface area contributed by atoms with Gasteiger partial charge in [-0.1, -0.05) is 6.58 Å². The van der Waals surface area contributed by atoms with Crippen LogP contribution in [-0.2, 0) is 14.3 Å². The molecule has 6 heteroatoms. The van der Waals surface area contributed by atoms with Crippen molar-refractivity contribution in [1.29, 1.82) is 0 Å². The predicted octanol–water partition coefficient (Wildman–Crippen LogP) is 0.369. The Kier molecular flexibility index (Phi) is 2.46. The summed E-state index contributed by atoms with van der Waals surface area (Å²) in [6.45, 7) is 3.33. The second-order valence-electron chi connectivity index (χ2n) is 6.90. The lowest BCUT2D eigenvalue weighted by Gasteiger charge is -2.65. The van der Waals surface area contributed by atoms with Crippen LogP contribution in [0.4, 0.5) is 0 Å². The summed E-state index contributed by atoms with van der Waals surface area (Å²) in [4.78, 5) is 23.2. The summed E-state index contributed by atoms with van der Waals surface area (Å²) in [5.41, 5.74) is -4.91. The molecule has 20 heavy (non-hydrogen) atoms. The zero-order valence-corrected chi connectivity index (χ0v) is 11.1. The van der Waals surface area contributed by atoms with E-state index in [1.54, 1.807) is 0 Å². The highest BCUT2D eigenvalue weighted by Crippen LogP contribution is 2.65. The maximum absolute atomic E-state index is 11.7. The van der Waals surface area contributed by atoms with E-state index in [9.17, 15) is 24.9 Å². The summed E-state index contributed by atoms with van der Waals surface area (Å²) < 4.78 is 5.37. The van der Waals surface area contributed by atoms with Crippen molar-refractivity contribution < 1.29 is 29.6 Å². The Morgan fingerprint density at radius 1 is 1.00 bits per heavy atom. The minimum atomic E-state index is -1.29. The molecule has 2 atom stereocenters. The summed E-state index contributed by atoms with van der Waals surface area (Å²) in [7, 11) is 0. The number of carbonyl (C=O) groups excluding carboxylic acids is 1. The van der Waals surface area contributed by atoms with E-state index in [1.165, 1.54) is 0 Å². The third-order valence-electron chi connectivity index (χ3n) is 4.89. The topological polar surface area (TPSA) is 104 Å². The van der Waals surface area contributed by atoms with Gasteiger partial charge < -0.3 is 20.1 Å². The number of carboxylic acid groups (broad SMARTS) is 1. The van der Waals surface area contributed by atoms with Gasteiger partial charge in [0.1, 0.15) is 5.60 Å². The lowest BCUT2D eigenvalue weighted by atomic mass is 9.44. The van der Waals surface area contributed by atoms with Gasteiger partial charge >= 0.3 is 11.9 Å². The number of carboxylic acids is 1. The third kappa shape index (κ3) is 1.78. The summed E-state index contributed by atoms with van der Waals surface area (Å²) in [5.74, 6) is -1.70. The van der Waals surface area contributed by atoms with Gasteiger partial charge in [-0.25, -0.2) is 4.79 Å². The second kappa shape index (κ2) is 3.62. The van der Waals surface area contributed by atoms with Gasteiger partial charge in [-0.15, -0.1) is 0 Å². The highest BCUT2D eigenvalue weighted by Gasteiger charge is 2.71. The van der Waals surface area contributed by atoms with E-state index in [-0.39, 0.29) is 38.5 Å². The van der Waals surface area contributed by atoms with E-state index in [0.29, 0.717) is 0 Å². The van der Waals surface area contributed by atoms with Crippen LogP contribution in [0.5, 0.6) is 0 Å². The van der Waals surface area contributed by atoms with Crippen LogP contribution in [0.1, 0.15) is 38.5 Å². The first-order chi connectivity index (χ1) is 9.14. The van der Waals surface area contributed by atoms with Crippen molar-refractivity contribution in [1.82, 2.24) is 0 Å². The Balaban J connectivity index is 2.04. The smallest absolute Gasteiger partial charge is 0.330 e. The fourth-order valence-electron chi connectivity index (χ4n) is 5.03. The molecule has 0 aromatic rings. The molecule has 110 valence electrons. The normalized spacial score (nSPS) is 48.9. The minimum Gasteiger partial charge on any atom is -0.481 e. The average molecular weight is 282 g/mol. The maximum Gasteiger partial charge on any atom is 0.330 e. The molecule has 3 N–H and O–H groups in total. The Morgan fingerprint density at radius 3 is 2.00 bits per heavy atom. The van der Waals surface area contributed by atoms with Gasteiger partial charge in [-0.2, -0.15) is 0 Å². The van der Waals surface area contributed by atoms with Crippen molar-refractivity contribution in [2.75, 3.05) is 0 Å². The molecule has 4 rings (SSSR count). The van der Waals surface area contributed by atoms with Crippen LogP contribution in [0.25, 0.3) is 0 Å². The van der Waals surface area contributed by atoms with E-state index in [1.807, 2.05) is 0 Å². The predicted molar refractivity (Wildman–Crippen MR) is 66.7 cm³/mol. The van der Waals surface area contributed by atoms with E-state index >= 15 is 0 Å². The molecular formula is C14H18O6. The van der Waals surface area contributed by atoms with Crippen LogP contribution in [0, 0.1) is 5.41 Å². The molecule has 0 spiro atoms. The Labute approximate surface area is 116 Å². The molecule has 2 unspecified atom stereocenters. The van der Waals surface area contributed by atoms with Gasteiger partial charge in [0.25, 0.3) is 0 Å². The van der Waals surface area contributed by atoms with Crippen LogP contribution in [0.3, 0.4) is 0 Å². The second-order valence-corrected chi connectivity index (χ2v) is 6.90. The molecule has 4 aliphatic rings. The van der Waals surface area contributed by atoms with Gasteiger partial charge in [-0.05, 0) is 12.8 Å². The first-order valence-electron chi connectivity index (χ1n) is 6.68. The number of esters is 1. The number of aliphatic carboxylic acids is 1. The molecule has 0 heterocycles. The maximum atomic E-state index is 11.7. The van der Waals surface area contributed by atoms with Crippen molar-refractivity contribution in [3.8, 4) is 0 Å². The van der Waals surface area contributed by atoms with Crippen LogP contribution < -0.4 is 0 Å². The third-order valence-corrected chi connectivity index (χ3v) is 4.89. The fourth-order valence-corrected chi connectivity index (χ4v) is 5.03. The molecule has 4 bridgehead atoms. The largest absolute Gasteiger partial charge is 0.481 e. The standard InChI is InChI=1S/C14H18O6/c1-2-9(15)20-14-5-11(10(16)17)3-12(18,7-14)6-13(19,4-11)8-14/h2,18-19H,1,3-8H2,(H,16,17). The summed E-state index contributed by atoms with van der Waals surface area (Å²) in [6.07, 6.45) is 1.85. The van der Waals surface area contributed by atoms with Crippen LogP contribution in [0.2, 0.25) is 0 Å². The van der Waals surface area contributed by atoms with Crippen LogP contribution in [0.15, 0.2) is 12.7 Å². The number of rotatable bonds is 3. The molecule has 0 aromatic carbocycles. The van der Waals surface area contributed by atoms with E-state index in [2.05, 4.69) is 6.58 Å². The zero-order valence-electron chi connectivity index (χ0n) is 11.1.